The highest BCUT2D eigenvalue weighted by Gasteiger charge is 2.19. The Morgan fingerprint density at radius 2 is 1.68 bits per heavy atom. The number of nitrogens with one attached hydrogen (secondary N) is 2. The van der Waals surface area contributed by atoms with Crippen LogP contribution in [0.4, 0.5) is 11.4 Å². The number of para-hydroxylation sites is 1. The summed E-state index contributed by atoms with van der Waals surface area (Å²) in [6.07, 6.45) is 6.47. The molecule has 2 aromatic carbocycles. The van der Waals surface area contributed by atoms with Crippen LogP contribution in [0.3, 0.4) is 0 Å². The number of amides is 2. The highest BCUT2D eigenvalue weighted by Crippen LogP contribution is 2.25. The summed E-state index contributed by atoms with van der Waals surface area (Å²) in [7, 11) is 2.18. The van der Waals surface area contributed by atoms with Gasteiger partial charge < -0.3 is 10.6 Å². The maximum Gasteiger partial charge on any atom is 0.234 e. The van der Waals surface area contributed by atoms with Crippen molar-refractivity contribution in [3.8, 4) is 0 Å². The van der Waals surface area contributed by atoms with Crippen LogP contribution in [0, 0.1) is 6.92 Å². The van der Waals surface area contributed by atoms with Crippen molar-refractivity contribution in [1.29, 1.82) is 0 Å². The van der Waals surface area contributed by atoms with E-state index in [9.17, 15) is 9.59 Å². The number of rotatable bonds is 9. The molecule has 0 radical (unpaired) electrons. The summed E-state index contributed by atoms with van der Waals surface area (Å²) in [6, 6.07) is 16.3. The Hall–Kier alpha value is -2.31. The van der Waals surface area contributed by atoms with Crippen LogP contribution in [-0.4, -0.2) is 41.3 Å². The van der Waals surface area contributed by atoms with Gasteiger partial charge >= 0.3 is 0 Å². The van der Waals surface area contributed by atoms with Crippen LogP contribution in [-0.2, 0) is 16.1 Å². The first kappa shape index (κ1) is 23.4. The van der Waals surface area contributed by atoms with Gasteiger partial charge in [0.1, 0.15) is 0 Å². The Balaban J connectivity index is 1.45. The zero-order valence-electron chi connectivity index (χ0n) is 18.5. The molecule has 0 unspecified atom stereocenters. The number of hydrogen-bond acceptors (Lipinski definition) is 4. The van der Waals surface area contributed by atoms with E-state index in [1.807, 2.05) is 49.4 Å². The zero-order chi connectivity index (χ0) is 22.1. The minimum Gasteiger partial charge on any atom is -0.325 e. The van der Waals surface area contributed by atoms with Gasteiger partial charge in [-0.15, -0.1) is 11.8 Å². The number of nitrogens with zero attached hydrogens (tertiary/aromatic N) is 1. The molecule has 1 saturated carbocycles. The average molecular weight is 440 g/mol. The monoisotopic (exact) mass is 439 g/mol. The summed E-state index contributed by atoms with van der Waals surface area (Å²) >= 11 is 1.32. The Morgan fingerprint density at radius 3 is 2.42 bits per heavy atom. The fraction of sp³-hybridized carbons (Fsp3) is 0.440. The summed E-state index contributed by atoms with van der Waals surface area (Å²) in [4.78, 5) is 27.0. The number of benzene rings is 2. The van der Waals surface area contributed by atoms with E-state index in [1.54, 1.807) is 0 Å². The summed E-state index contributed by atoms with van der Waals surface area (Å²) in [5, 5.41) is 5.90. The average Bonchev–Trinajstić information content (AvgIpc) is 2.75. The van der Waals surface area contributed by atoms with E-state index in [1.165, 1.54) is 43.9 Å². The number of carbonyl (C=O) groups is 2. The van der Waals surface area contributed by atoms with Gasteiger partial charge in [-0.1, -0.05) is 49.6 Å². The van der Waals surface area contributed by atoms with Gasteiger partial charge in [0.05, 0.1) is 11.5 Å². The van der Waals surface area contributed by atoms with Crippen LogP contribution in [0.5, 0.6) is 0 Å². The van der Waals surface area contributed by atoms with Gasteiger partial charge in [0.15, 0.2) is 0 Å². The van der Waals surface area contributed by atoms with E-state index in [0.717, 1.165) is 29.0 Å². The van der Waals surface area contributed by atoms with Crippen LogP contribution in [0.15, 0.2) is 48.5 Å². The standard InChI is InChI=1S/C25H33N3O2S/c1-19-9-8-11-21(15-19)26-24(29)17-31-18-25(30)27-23-14-7-6-10-20(23)16-28(2)22-12-4-3-5-13-22/h6-11,14-15,22H,3-5,12-13,16-18H2,1-2H3,(H,26,29)(H,27,30). The van der Waals surface area contributed by atoms with Crippen molar-refractivity contribution < 1.29 is 9.59 Å². The van der Waals surface area contributed by atoms with Crippen molar-refractivity contribution >= 4 is 35.0 Å². The van der Waals surface area contributed by atoms with Crippen molar-refractivity contribution in [2.45, 2.75) is 51.6 Å². The highest BCUT2D eigenvalue weighted by molar-refractivity contribution is 8.00. The number of aryl methyl sites for hydroxylation is 1. The lowest BCUT2D eigenvalue weighted by Gasteiger charge is -2.31. The molecule has 0 aromatic heterocycles. The second-order valence-corrected chi connectivity index (χ2v) is 9.31. The molecule has 6 heteroatoms. The maximum absolute atomic E-state index is 12.5. The number of carbonyl (C=O) groups excluding carboxylic acids is 2. The van der Waals surface area contributed by atoms with Gasteiger partial charge in [-0.05, 0) is 56.1 Å². The lowest BCUT2D eigenvalue weighted by atomic mass is 9.94. The second-order valence-electron chi connectivity index (χ2n) is 8.32. The van der Waals surface area contributed by atoms with Gasteiger partial charge in [0.2, 0.25) is 11.8 Å². The molecular formula is C25H33N3O2S. The van der Waals surface area contributed by atoms with E-state index in [2.05, 4.69) is 28.6 Å². The number of hydrogen-bond donors (Lipinski definition) is 2. The number of thioether (sulfide) groups is 1. The van der Waals surface area contributed by atoms with Crippen molar-refractivity contribution in [3.63, 3.8) is 0 Å². The van der Waals surface area contributed by atoms with Crippen LogP contribution in [0.25, 0.3) is 0 Å². The molecule has 2 aromatic rings. The van der Waals surface area contributed by atoms with Crippen molar-refractivity contribution in [1.82, 2.24) is 4.90 Å². The zero-order valence-corrected chi connectivity index (χ0v) is 19.3. The Bertz CT molecular complexity index is 881. The smallest absolute Gasteiger partial charge is 0.234 e. The first-order valence-electron chi connectivity index (χ1n) is 11.0. The molecule has 0 heterocycles. The van der Waals surface area contributed by atoms with Crippen LogP contribution in [0.1, 0.15) is 43.2 Å². The van der Waals surface area contributed by atoms with Crippen molar-refractivity contribution in [2.75, 3.05) is 29.2 Å². The van der Waals surface area contributed by atoms with Gasteiger partial charge in [0.25, 0.3) is 0 Å². The molecule has 1 fully saturated rings. The lowest BCUT2D eigenvalue weighted by molar-refractivity contribution is -0.114. The van der Waals surface area contributed by atoms with Gasteiger partial charge in [-0.25, -0.2) is 0 Å². The first-order valence-corrected chi connectivity index (χ1v) is 12.2. The predicted octanol–water partition coefficient (Wildman–Crippen LogP) is 5.07. The Labute approximate surface area is 190 Å². The molecule has 166 valence electrons. The molecule has 0 aliphatic heterocycles. The molecule has 1 aliphatic carbocycles. The van der Waals surface area contributed by atoms with Crippen LogP contribution in [0.2, 0.25) is 0 Å². The molecule has 31 heavy (non-hydrogen) atoms. The summed E-state index contributed by atoms with van der Waals surface area (Å²) in [5.41, 5.74) is 3.87. The molecule has 0 spiro atoms. The summed E-state index contributed by atoms with van der Waals surface area (Å²) in [6.45, 7) is 2.81. The molecule has 0 saturated heterocycles. The van der Waals surface area contributed by atoms with E-state index < -0.39 is 0 Å². The number of anilines is 2. The third kappa shape index (κ3) is 7.71. The molecule has 1 aliphatic rings. The first-order chi connectivity index (χ1) is 15.0. The molecule has 2 amide bonds. The summed E-state index contributed by atoms with van der Waals surface area (Å²) < 4.78 is 0. The largest absolute Gasteiger partial charge is 0.325 e. The fourth-order valence-corrected chi connectivity index (χ4v) is 4.66. The molecule has 3 rings (SSSR count). The Kier molecular flexibility index (Phi) is 8.98. The van der Waals surface area contributed by atoms with E-state index in [4.69, 9.17) is 0 Å². The quantitative estimate of drug-likeness (QED) is 0.573. The highest BCUT2D eigenvalue weighted by atomic mass is 32.2. The third-order valence-corrected chi connectivity index (χ3v) is 6.61. The van der Waals surface area contributed by atoms with Gasteiger partial charge in [-0.2, -0.15) is 0 Å². The van der Waals surface area contributed by atoms with Gasteiger partial charge in [0, 0.05) is 24.0 Å². The fourth-order valence-electron chi connectivity index (χ4n) is 4.04. The molecule has 0 bridgehead atoms. The van der Waals surface area contributed by atoms with Crippen molar-refractivity contribution in [3.05, 3.63) is 59.7 Å². The minimum atomic E-state index is -0.0992. The van der Waals surface area contributed by atoms with E-state index >= 15 is 0 Å². The summed E-state index contributed by atoms with van der Waals surface area (Å²) in [5.74, 6) is 0.306. The SMILES string of the molecule is Cc1cccc(NC(=O)CSCC(=O)Nc2ccccc2CN(C)C2CCCCC2)c1. The van der Waals surface area contributed by atoms with E-state index in [0.29, 0.717) is 6.04 Å². The molecular weight excluding hydrogens is 406 g/mol. The maximum atomic E-state index is 12.5. The van der Waals surface area contributed by atoms with Crippen LogP contribution >= 0.6 is 11.8 Å². The topological polar surface area (TPSA) is 61.4 Å². The Morgan fingerprint density at radius 1 is 0.968 bits per heavy atom. The second kappa shape index (κ2) is 11.9. The third-order valence-electron chi connectivity index (χ3n) is 5.68. The molecule has 2 N–H and O–H groups in total. The van der Waals surface area contributed by atoms with E-state index in [-0.39, 0.29) is 23.3 Å². The normalized spacial score (nSPS) is 14.4. The van der Waals surface area contributed by atoms with Gasteiger partial charge in [-0.3, -0.25) is 14.5 Å². The minimum absolute atomic E-state index is 0.0823. The van der Waals surface area contributed by atoms with Crippen LogP contribution < -0.4 is 10.6 Å². The molecule has 5 nitrogen and oxygen atoms in total. The lowest BCUT2D eigenvalue weighted by Crippen LogP contribution is -2.33. The van der Waals surface area contributed by atoms with Crippen molar-refractivity contribution in [2.24, 2.45) is 0 Å². The molecule has 0 atom stereocenters. The predicted molar refractivity (Wildman–Crippen MR) is 131 cm³/mol.